The van der Waals surface area contributed by atoms with Crippen molar-refractivity contribution in [2.24, 2.45) is 7.05 Å². The lowest BCUT2D eigenvalue weighted by molar-refractivity contribution is -0.113. The second-order valence-electron chi connectivity index (χ2n) is 5.82. The van der Waals surface area contributed by atoms with Crippen molar-refractivity contribution < 1.29 is 9.59 Å². The number of unbranched alkanes of at least 4 members (excludes halogenated alkanes) is 1. The molecule has 0 bridgehead atoms. The Morgan fingerprint density at radius 3 is 2.60 bits per heavy atom. The van der Waals surface area contributed by atoms with Crippen LogP contribution in [0.3, 0.4) is 0 Å². The number of anilines is 1. The van der Waals surface area contributed by atoms with Gasteiger partial charge in [-0.15, -0.1) is 0 Å². The maximum absolute atomic E-state index is 12.3. The summed E-state index contributed by atoms with van der Waals surface area (Å²) in [6, 6.07) is 6.99. The van der Waals surface area contributed by atoms with E-state index in [1.165, 1.54) is 11.8 Å². The van der Waals surface area contributed by atoms with Gasteiger partial charge in [0.25, 0.3) is 5.91 Å². The van der Waals surface area contributed by atoms with Crippen LogP contribution in [0.5, 0.6) is 0 Å². The van der Waals surface area contributed by atoms with Crippen molar-refractivity contribution in [2.75, 3.05) is 24.7 Å². The van der Waals surface area contributed by atoms with Gasteiger partial charge in [0.05, 0.1) is 5.75 Å². The third-order valence-corrected chi connectivity index (χ3v) is 4.78. The Balaban J connectivity index is 1.86. The number of hydrogen-bond donors (Lipinski definition) is 1. The molecule has 1 aromatic carbocycles. The molecule has 6 nitrogen and oxygen atoms in total. The zero-order chi connectivity index (χ0) is 18.2. The summed E-state index contributed by atoms with van der Waals surface area (Å²) in [4.78, 5) is 30.2. The molecule has 25 heavy (non-hydrogen) atoms. The Kier molecular flexibility index (Phi) is 7.06. The minimum atomic E-state index is -0.104. The van der Waals surface area contributed by atoms with Gasteiger partial charge < -0.3 is 14.8 Å². The molecular weight excluding hydrogens is 336 g/mol. The molecule has 2 aromatic rings. The van der Waals surface area contributed by atoms with Gasteiger partial charge in [0.15, 0.2) is 5.16 Å². The first kappa shape index (κ1) is 19.1. The fraction of sp³-hybridized carbons (Fsp3) is 0.389. The van der Waals surface area contributed by atoms with Crippen LogP contribution in [0.1, 0.15) is 30.1 Å². The van der Waals surface area contributed by atoms with Gasteiger partial charge >= 0.3 is 0 Å². The standard InChI is InChI=1S/C18H24N4O2S/c1-4-5-11-21(2)17(24)14-6-8-15(9-7-14)20-16(23)13-25-18-19-10-12-22(18)3/h6-10,12H,4-5,11,13H2,1-3H3,(H,20,23). The van der Waals surface area contributed by atoms with E-state index in [2.05, 4.69) is 17.2 Å². The summed E-state index contributed by atoms with van der Waals surface area (Å²) >= 11 is 1.38. The fourth-order valence-corrected chi connectivity index (χ4v) is 2.96. The SMILES string of the molecule is CCCCN(C)C(=O)c1ccc(NC(=O)CSc2nccn2C)cc1. The van der Waals surface area contributed by atoms with Gasteiger partial charge in [0.2, 0.25) is 5.91 Å². The molecule has 0 radical (unpaired) electrons. The number of benzene rings is 1. The minimum Gasteiger partial charge on any atom is -0.342 e. The molecule has 2 rings (SSSR count). The van der Waals surface area contributed by atoms with Crippen LogP contribution in [0.15, 0.2) is 41.8 Å². The Morgan fingerprint density at radius 2 is 2.00 bits per heavy atom. The molecule has 0 aliphatic heterocycles. The molecule has 0 atom stereocenters. The molecule has 7 heteroatoms. The lowest BCUT2D eigenvalue weighted by atomic mass is 10.1. The Hall–Kier alpha value is -2.28. The molecule has 2 amide bonds. The molecule has 1 aromatic heterocycles. The Morgan fingerprint density at radius 1 is 1.28 bits per heavy atom. The van der Waals surface area contributed by atoms with E-state index in [9.17, 15) is 9.59 Å². The molecule has 0 saturated heterocycles. The van der Waals surface area contributed by atoms with Crippen molar-refractivity contribution in [1.29, 1.82) is 0 Å². The number of nitrogens with zero attached hydrogens (tertiary/aromatic N) is 3. The van der Waals surface area contributed by atoms with E-state index in [0.29, 0.717) is 11.3 Å². The molecule has 134 valence electrons. The first-order valence-electron chi connectivity index (χ1n) is 8.26. The predicted octanol–water partition coefficient (Wildman–Crippen LogP) is 3.02. The number of hydrogen-bond acceptors (Lipinski definition) is 4. The number of carbonyl (C=O) groups is 2. The van der Waals surface area contributed by atoms with E-state index in [1.807, 2.05) is 24.9 Å². The number of aryl methyl sites for hydroxylation is 1. The monoisotopic (exact) mass is 360 g/mol. The predicted molar refractivity (Wildman–Crippen MR) is 101 cm³/mol. The lowest BCUT2D eigenvalue weighted by Crippen LogP contribution is -2.27. The summed E-state index contributed by atoms with van der Waals surface area (Å²) in [5.41, 5.74) is 1.30. The summed E-state index contributed by atoms with van der Waals surface area (Å²) in [7, 11) is 3.70. The molecule has 0 aliphatic carbocycles. The Labute approximate surface area is 152 Å². The number of rotatable bonds is 8. The first-order valence-corrected chi connectivity index (χ1v) is 9.25. The van der Waals surface area contributed by atoms with E-state index >= 15 is 0 Å². The van der Waals surface area contributed by atoms with Crippen LogP contribution < -0.4 is 5.32 Å². The van der Waals surface area contributed by atoms with Crippen LogP contribution in [-0.2, 0) is 11.8 Å². The quantitative estimate of drug-likeness (QED) is 0.735. The number of carbonyl (C=O) groups excluding carboxylic acids is 2. The third kappa shape index (κ3) is 5.63. The van der Waals surface area contributed by atoms with Gasteiger partial charge in [0, 0.05) is 44.3 Å². The average molecular weight is 360 g/mol. The van der Waals surface area contributed by atoms with E-state index in [0.717, 1.165) is 24.5 Å². The van der Waals surface area contributed by atoms with E-state index in [1.54, 1.807) is 35.4 Å². The Bertz CT molecular complexity index is 712. The molecule has 0 aliphatic rings. The van der Waals surface area contributed by atoms with Crippen molar-refractivity contribution in [3.8, 4) is 0 Å². The van der Waals surface area contributed by atoms with Gasteiger partial charge in [0.1, 0.15) is 0 Å². The molecule has 0 saturated carbocycles. The van der Waals surface area contributed by atoms with Crippen LogP contribution in [0.25, 0.3) is 0 Å². The van der Waals surface area contributed by atoms with Crippen molar-refractivity contribution in [3.05, 3.63) is 42.2 Å². The molecule has 0 fully saturated rings. The number of aromatic nitrogens is 2. The van der Waals surface area contributed by atoms with E-state index < -0.39 is 0 Å². The van der Waals surface area contributed by atoms with Crippen molar-refractivity contribution in [3.63, 3.8) is 0 Å². The van der Waals surface area contributed by atoms with Crippen LogP contribution in [0, 0.1) is 0 Å². The number of thioether (sulfide) groups is 1. The molecule has 1 N–H and O–H groups in total. The average Bonchev–Trinajstić information content (AvgIpc) is 3.03. The van der Waals surface area contributed by atoms with E-state index in [-0.39, 0.29) is 17.6 Å². The van der Waals surface area contributed by atoms with Gasteiger partial charge in [-0.3, -0.25) is 9.59 Å². The highest BCUT2D eigenvalue weighted by Crippen LogP contribution is 2.16. The minimum absolute atomic E-state index is 0.00309. The van der Waals surface area contributed by atoms with Gasteiger partial charge in [-0.05, 0) is 30.7 Å². The van der Waals surface area contributed by atoms with Gasteiger partial charge in [-0.25, -0.2) is 4.98 Å². The highest BCUT2D eigenvalue weighted by atomic mass is 32.2. The molecule has 1 heterocycles. The highest BCUT2D eigenvalue weighted by molar-refractivity contribution is 7.99. The number of amides is 2. The molecule has 0 spiro atoms. The van der Waals surface area contributed by atoms with Crippen LogP contribution >= 0.6 is 11.8 Å². The molecular formula is C18H24N4O2S. The largest absolute Gasteiger partial charge is 0.342 e. The summed E-state index contributed by atoms with van der Waals surface area (Å²) in [6.07, 6.45) is 5.59. The van der Waals surface area contributed by atoms with Crippen LogP contribution in [-0.4, -0.2) is 45.6 Å². The fourth-order valence-electron chi connectivity index (χ4n) is 2.23. The summed E-state index contributed by atoms with van der Waals surface area (Å²) < 4.78 is 1.87. The summed E-state index contributed by atoms with van der Waals surface area (Å²) in [5.74, 6) is 0.175. The van der Waals surface area contributed by atoms with Crippen molar-refractivity contribution >= 4 is 29.3 Å². The normalized spacial score (nSPS) is 10.5. The second-order valence-corrected chi connectivity index (χ2v) is 6.76. The smallest absolute Gasteiger partial charge is 0.253 e. The van der Waals surface area contributed by atoms with Crippen LogP contribution in [0.2, 0.25) is 0 Å². The first-order chi connectivity index (χ1) is 12.0. The second kappa shape index (κ2) is 9.27. The number of nitrogens with one attached hydrogen (secondary N) is 1. The topological polar surface area (TPSA) is 67.2 Å². The van der Waals surface area contributed by atoms with Crippen molar-refractivity contribution in [2.45, 2.75) is 24.9 Å². The third-order valence-electron chi connectivity index (χ3n) is 3.72. The zero-order valence-corrected chi connectivity index (χ0v) is 15.7. The van der Waals surface area contributed by atoms with Gasteiger partial charge in [-0.1, -0.05) is 25.1 Å². The molecule has 0 unspecified atom stereocenters. The van der Waals surface area contributed by atoms with Crippen molar-refractivity contribution in [1.82, 2.24) is 14.5 Å². The maximum Gasteiger partial charge on any atom is 0.253 e. The maximum atomic E-state index is 12.3. The highest BCUT2D eigenvalue weighted by Gasteiger charge is 2.11. The zero-order valence-electron chi connectivity index (χ0n) is 14.9. The van der Waals surface area contributed by atoms with Crippen LogP contribution in [0.4, 0.5) is 5.69 Å². The summed E-state index contributed by atoms with van der Waals surface area (Å²) in [6.45, 7) is 2.85. The van der Waals surface area contributed by atoms with E-state index in [4.69, 9.17) is 0 Å². The number of imidazole rings is 1. The lowest BCUT2D eigenvalue weighted by Gasteiger charge is -2.17. The summed E-state index contributed by atoms with van der Waals surface area (Å²) in [5, 5.41) is 3.63. The van der Waals surface area contributed by atoms with Gasteiger partial charge in [-0.2, -0.15) is 0 Å².